The van der Waals surface area contributed by atoms with Gasteiger partial charge in [0.15, 0.2) is 11.5 Å². The molecule has 0 unspecified atom stereocenters. The van der Waals surface area contributed by atoms with Crippen LogP contribution >= 0.6 is 0 Å². The van der Waals surface area contributed by atoms with Crippen LogP contribution in [0.2, 0.25) is 0 Å². The van der Waals surface area contributed by atoms with Crippen LogP contribution in [0, 0.1) is 0 Å². The molecule has 2 rings (SSSR count). The van der Waals surface area contributed by atoms with Crippen LogP contribution in [0.25, 0.3) is 0 Å². The number of amides is 1. The number of methoxy groups -OCH3 is 1. The summed E-state index contributed by atoms with van der Waals surface area (Å²) in [5, 5.41) is 3.91. The number of rotatable bonds is 7. The fourth-order valence-corrected chi connectivity index (χ4v) is 1.75. The van der Waals surface area contributed by atoms with Crippen LogP contribution in [0.3, 0.4) is 0 Å². The summed E-state index contributed by atoms with van der Waals surface area (Å²) in [5.41, 5.74) is 3.48. The summed E-state index contributed by atoms with van der Waals surface area (Å²) in [6.45, 7) is 3.99. The normalized spacial score (nSPS) is 10.3. The van der Waals surface area contributed by atoms with Gasteiger partial charge >= 0.3 is 0 Å². The van der Waals surface area contributed by atoms with Gasteiger partial charge in [-0.15, -0.1) is 0 Å². The molecule has 0 aliphatic carbocycles. The molecule has 2 aromatic rings. The van der Waals surface area contributed by atoms with E-state index in [-0.39, 0.29) is 5.91 Å². The molecule has 0 spiro atoms. The van der Waals surface area contributed by atoms with Gasteiger partial charge in [0.1, 0.15) is 12.3 Å². The fourth-order valence-electron chi connectivity index (χ4n) is 1.75. The number of hydrogen-bond acceptors (Lipinski definition) is 5. The highest BCUT2D eigenvalue weighted by molar-refractivity contribution is 5.93. The third kappa shape index (κ3) is 4.67. The van der Waals surface area contributed by atoms with E-state index in [1.165, 1.54) is 6.21 Å². The number of nitrogens with zero attached hydrogens (tertiary/aromatic N) is 2. The van der Waals surface area contributed by atoms with Gasteiger partial charge in [-0.25, -0.2) is 5.43 Å². The van der Waals surface area contributed by atoms with Crippen molar-refractivity contribution in [1.29, 1.82) is 0 Å². The maximum absolute atomic E-state index is 11.8. The van der Waals surface area contributed by atoms with Gasteiger partial charge < -0.3 is 9.47 Å². The third-order valence-electron chi connectivity index (χ3n) is 2.82. The zero-order valence-electron chi connectivity index (χ0n) is 12.7. The van der Waals surface area contributed by atoms with Gasteiger partial charge in [-0.05, 0) is 35.9 Å². The summed E-state index contributed by atoms with van der Waals surface area (Å²) >= 11 is 0. The van der Waals surface area contributed by atoms with Crippen molar-refractivity contribution in [2.75, 3.05) is 13.7 Å². The molecule has 0 saturated heterocycles. The SMILES string of the molecule is C=CCOc1ccc(/C=N\NC(=O)c2ccccn2)cc1OC. The predicted octanol–water partition coefficient (Wildman–Crippen LogP) is 2.42. The highest BCUT2D eigenvalue weighted by atomic mass is 16.5. The largest absolute Gasteiger partial charge is 0.493 e. The Morgan fingerprint density at radius 2 is 2.22 bits per heavy atom. The molecule has 0 bridgehead atoms. The van der Waals surface area contributed by atoms with Gasteiger partial charge in [0, 0.05) is 6.20 Å². The number of pyridine rings is 1. The molecular formula is C17H17N3O3. The van der Waals surface area contributed by atoms with E-state index >= 15 is 0 Å². The molecule has 6 heteroatoms. The molecule has 0 radical (unpaired) electrons. The molecule has 1 amide bonds. The molecule has 0 atom stereocenters. The van der Waals surface area contributed by atoms with Gasteiger partial charge in [0.2, 0.25) is 0 Å². The van der Waals surface area contributed by atoms with Gasteiger partial charge in [-0.3, -0.25) is 9.78 Å². The average Bonchev–Trinajstić information content (AvgIpc) is 2.61. The fraction of sp³-hybridized carbons (Fsp3) is 0.118. The van der Waals surface area contributed by atoms with Crippen LogP contribution < -0.4 is 14.9 Å². The number of nitrogens with one attached hydrogen (secondary N) is 1. The average molecular weight is 311 g/mol. The summed E-state index contributed by atoms with van der Waals surface area (Å²) in [7, 11) is 1.56. The molecule has 0 saturated carbocycles. The van der Waals surface area contributed by atoms with Crippen molar-refractivity contribution in [2.45, 2.75) is 0 Å². The van der Waals surface area contributed by atoms with Crippen LogP contribution in [0.1, 0.15) is 16.1 Å². The summed E-state index contributed by atoms with van der Waals surface area (Å²) in [6.07, 6.45) is 4.72. The van der Waals surface area contributed by atoms with Crippen LogP contribution in [0.4, 0.5) is 0 Å². The zero-order chi connectivity index (χ0) is 16.5. The third-order valence-corrected chi connectivity index (χ3v) is 2.82. The van der Waals surface area contributed by atoms with Crippen molar-refractivity contribution in [2.24, 2.45) is 5.10 Å². The van der Waals surface area contributed by atoms with Crippen molar-refractivity contribution in [3.05, 3.63) is 66.5 Å². The second kappa shape index (κ2) is 8.33. The lowest BCUT2D eigenvalue weighted by atomic mass is 10.2. The first-order valence-corrected chi connectivity index (χ1v) is 6.90. The summed E-state index contributed by atoms with van der Waals surface area (Å²) in [5.74, 6) is 0.814. The first kappa shape index (κ1) is 16.2. The minimum atomic E-state index is -0.375. The molecule has 118 valence electrons. The van der Waals surface area contributed by atoms with Crippen molar-refractivity contribution in [3.63, 3.8) is 0 Å². The number of aromatic nitrogens is 1. The lowest BCUT2D eigenvalue weighted by Gasteiger charge is -2.09. The number of hydrazone groups is 1. The van der Waals surface area contributed by atoms with Gasteiger partial charge in [-0.1, -0.05) is 18.7 Å². The maximum atomic E-state index is 11.8. The Bertz CT molecular complexity index is 699. The minimum absolute atomic E-state index is 0.301. The Hall–Kier alpha value is -3.15. The van der Waals surface area contributed by atoms with Crippen molar-refractivity contribution < 1.29 is 14.3 Å². The topological polar surface area (TPSA) is 72.8 Å². The van der Waals surface area contributed by atoms with Gasteiger partial charge in [0.05, 0.1) is 13.3 Å². The van der Waals surface area contributed by atoms with E-state index in [1.807, 2.05) is 0 Å². The number of ether oxygens (including phenoxy) is 2. The second-order valence-electron chi connectivity index (χ2n) is 4.42. The quantitative estimate of drug-likeness (QED) is 0.484. The van der Waals surface area contributed by atoms with E-state index in [9.17, 15) is 4.79 Å². The molecule has 0 aliphatic heterocycles. The highest BCUT2D eigenvalue weighted by Crippen LogP contribution is 2.27. The van der Waals surface area contributed by atoms with E-state index in [4.69, 9.17) is 9.47 Å². The number of carbonyl (C=O) groups is 1. The van der Waals surface area contributed by atoms with E-state index in [1.54, 1.807) is 55.8 Å². The van der Waals surface area contributed by atoms with Crippen LogP contribution in [0.5, 0.6) is 11.5 Å². The lowest BCUT2D eigenvalue weighted by molar-refractivity contribution is 0.0950. The van der Waals surface area contributed by atoms with E-state index < -0.39 is 0 Å². The standard InChI is InChI=1S/C17H17N3O3/c1-3-10-23-15-8-7-13(11-16(15)22-2)12-19-20-17(21)14-6-4-5-9-18-14/h3-9,11-12H,1,10H2,2H3,(H,20,21)/b19-12-. The first-order valence-electron chi connectivity index (χ1n) is 6.90. The lowest BCUT2D eigenvalue weighted by Crippen LogP contribution is -2.18. The molecule has 1 aromatic heterocycles. The summed E-state index contributed by atoms with van der Waals surface area (Å²) < 4.78 is 10.7. The van der Waals surface area contributed by atoms with E-state index in [0.29, 0.717) is 23.8 Å². The molecule has 1 heterocycles. The highest BCUT2D eigenvalue weighted by Gasteiger charge is 2.05. The number of hydrogen-bond donors (Lipinski definition) is 1. The van der Waals surface area contributed by atoms with Gasteiger partial charge in [0.25, 0.3) is 5.91 Å². The molecule has 1 N–H and O–H groups in total. The van der Waals surface area contributed by atoms with Crippen molar-refractivity contribution in [3.8, 4) is 11.5 Å². The smallest absolute Gasteiger partial charge is 0.289 e. The van der Waals surface area contributed by atoms with Crippen molar-refractivity contribution in [1.82, 2.24) is 10.4 Å². The Balaban J connectivity index is 2.02. The zero-order valence-corrected chi connectivity index (χ0v) is 12.7. The summed E-state index contributed by atoms with van der Waals surface area (Å²) in [6, 6.07) is 10.4. The Morgan fingerprint density at radius 3 is 2.91 bits per heavy atom. The van der Waals surface area contributed by atoms with Gasteiger partial charge in [-0.2, -0.15) is 5.10 Å². The minimum Gasteiger partial charge on any atom is -0.493 e. The Morgan fingerprint density at radius 1 is 1.35 bits per heavy atom. The monoisotopic (exact) mass is 311 g/mol. The van der Waals surface area contributed by atoms with Crippen LogP contribution in [0.15, 0.2) is 60.4 Å². The molecular weight excluding hydrogens is 294 g/mol. The van der Waals surface area contributed by atoms with Crippen LogP contribution in [-0.2, 0) is 0 Å². The molecule has 1 aromatic carbocycles. The molecule has 6 nitrogen and oxygen atoms in total. The Kier molecular flexibility index (Phi) is 5.88. The maximum Gasteiger partial charge on any atom is 0.289 e. The number of carbonyl (C=O) groups excluding carboxylic acids is 1. The van der Waals surface area contributed by atoms with Crippen molar-refractivity contribution >= 4 is 12.1 Å². The first-order chi connectivity index (χ1) is 11.2. The number of benzene rings is 1. The molecule has 23 heavy (non-hydrogen) atoms. The van der Waals surface area contributed by atoms with E-state index in [0.717, 1.165) is 5.56 Å². The Labute approximate surface area is 134 Å². The second-order valence-corrected chi connectivity index (χ2v) is 4.42. The van der Waals surface area contributed by atoms with Crippen LogP contribution in [-0.4, -0.2) is 30.8 Å². The molecule has 0 aliphatic rings. The molecule has 0 fully saturated rings. The van der Waals surface area contributed by atoms with E-state index in [2.05, 4.69) is 22.1 Å². The predicted molar refractivity (Wildman–Crippen MR) is 88.0 cm³/mol. The summed E-state index contributed by atoms with van der Waals surface area (Å²) in [4.78, 5) is 15.7.